The molecular formula is C28H25N3O8S3. The maximum Gasteiger partial charge on any atom is 0.264 e. The molecular weight excluding hydrogens is 603 g/mol. The van der Waals surface area contributed by atoms with Gasteiger partial charge in [-0.3, -0.25) is 13.8 Å². The van der Waals surface area contributed by atoms with Crippen molar-refractivity contribution in [2.24, 2.45) is 0 Å². The number of hydrogen-bond acceptors (Lipinski definition) is 10. The van der Waals surface area contributed by atoms with Crippen molar-refractivity contribution < 1.29 is 35.3 Å². The highest BCUT2D eigenvalue weighted by atomic mass is 32.2. The van der Waals surface area contributed by atoms with Crippen molar-refractivity contribution in [2.75, 3.05) is 24.8 Å². The minimum atomic E-state index is -3.96. The third kappa shape index (κ3) is 6.68. The second-order valence-electron chi connectivity index (χ2n) is 9.23. The lowest BCUT2D eigenvalue weighted by Gasteiger charge is -2.10. The maximum atomic E-state index is 13.2. The third-order valence-corrected chi connectivity index (χ3v) is 9.64. The summed E-state index contributed by atoms with van der Waals surface area (Å²) in [7, 11) is -7.43. The number of fused-ring (bicyclic) bond motifs is 2. The topological polar surface area (TPSA) is 158 Å². The van der Waals surface area contributed by atoms with Crippen LogP contribution in [0.5, 0.6) is 5.75 Å². The summed E-state index contributed by atoms with van der Waals surface area (Å²) in [6.45, 7) is 0.547. The van der Waals surface area contributed by atoms with Crippen LogP contribution in [0.25, 0.3) is 10.6 Å². The monoisotopic (exact) mass is 627 g/mol. The van der Waals surface area contributed by atoms with Crippen LogP contribution >= 0.6 is 11.3 Å². The van der Waals surface area contributed by atoms with Crippen LogP contribution in [0.4, 0.5) is 5.69 Å². The van der Waals surface area contributed by atoms with Gasteiger partial charge < -0.3 is 15.4 Å². The minimum absolute atomic E-state index is 0.0404. The first-order valence-corrected chi connectivity index (χ1v) is 16.7. The number of benzene rings is 3. The number of rotatable bonds is 10. The van der Waals surface area contributed by atoms with Gasteiger partial charge in [0, 0.05) is 28.6 Å². The summed E-state index contributed by atoms with van der Waals surface area (Å²) in [5.41, 5.74) is 1.13. The maximum absolute atomic E-state index is 13.2. The zero-order valence-electron chi connectivity index (χ0n) is 22.2. The van der Waals surface area contributed by atoms with Crippen LogP contribution in [0.15, 0.2) is 82.7 Å². The average molecular weight is 628 g/mol. The van der Waals surface area contributed by atoms with E-state index >= 15 is 0 Å². The highest BCUT2D eigenvalue weighted by Gasteiger charge is 2.31. The zero-order valence-corrected chi connectivity index (χ0v) is 24.6. The Hall–Kier alpha value is -4.11. The summed E-state index contributed by atoms with van der Waals surface area (Å²) in [5.74, 6) is -0.387. The largest absolute Gasteiger partial charge is 0.494 e. The summed E-state index contributed by atoms with van der Waals surface area (Å²) >= 11 is 1.40. The van der Waals surface area contributed by atoms with Crippen LogP contribution in [-0.4, -0.2) is 53.1 Å². The van der Waals surface area contributed by atoms with Gasteiger partial charge in [-0.2, -0.15) is 8.42 Å². The van der Waals surface area contributed by atoms with Gasteiger partial charge >= 0.3 is 0 Å². The quantitative estimate of drug-likeness (QED) is 0.197. The van der Waals surface area contributed by atoms with Crippen molar-refractivity contribution in [3.8, 4) is 16.3 Å². The number of anilines is 1. The van der Waals surface area contributed by atoms with E-state index < -0.39 is 31.8 Å². The normalized spacial score (nSPS) is 13.8. The minimum Gasteiger partial charge on any atom is -0.494 e. The molecule has 0 spiro atoms. The molecule has 5 rings (SSSR count). The fraction of sp³-hybridized carbons (Fsp3) is 0.179. The van der Waals surface area contributed by atoms with E-state index in [4.69, 9.17) is 4.74 Å². The Bertz CT molecular complexity index is 1870. The molecule has 2 N–H and O–H groups in total. The summed E-state index contributed by atoms with van der Waals surface area (Å²) in [6, 6.07) is 17.3. The molecule has 0 fully saturated rings. The van der Waals surface area contributed by atoms with E-state index in [9.17, 15) is 26.4 Å². The summed E-state index contributed by atoms with van der Waals surface area (Å²) < 4.78 is 58.6. The molecule has 0 saturated heterocycles. The number of sulfone groups is 1. The Labute approximate surface area is 246 Å². The van der Waals surface area contributed by atoms with Gasteiger partial charge in [0.25, 0.3) is 21.9 Å². The van der Waals surface area contributed by atoms with Crippen molar-refractivity contribution in [1.82, 2.24) is 10.3 Å². The molecule has 0 unspecified atom stereocenters. The molecule has 14 heteroatoms. The van der Waals surface area contributed by atoms with E-state index in [2.05, 4.69) is 19.8 Å². The molecule has 2 amide bonds. The molecule has 1 aliphatic rings. The molecule has 0 atom stereocenters. The van der Waals surface area contributed by atoms with Crippen LogP contribution in [0.3, 0.4) is 0 Å². The second kappa shape index (κ2) is 12.0. The first-order valence-electron chi connectivity index (χ1n) is 12.6. The van der Waals surface area contributed by atoms with Crippen molar-refractivity contribution in [3.05, 3.63) is 88.9 Å². The average Bonchev–Trinajstić information content (AvgIpc) is 3.41. The number of carbonyl (C=O) groups is 2. The van der Waals surface area contributed by atoms with Gasteiger partial charge in [-0.15, -0.1) is 11.3 Å². The molecule has 3 aromatic carbocycles. The number of amides is 2. The highest BCUT2D eigenvalue weighted by Crippen LogP contribution is 2.34. The van der Waals surface area contributed by atoms with Crippen LogP contribution in [0.2, 0.25) is 0 Å². The highest BCUT2D eigenvalue weighted by molar-refractivity contribution is 7.91. The van der Waals surface area contributed by atoms with Crippen molar-refractivity contribution in [2.45, 2.75) is 22.8 Å². The molecule has 0 radical (unpaired) electrons. The summed E-state index contributed by atoms with van der Waals surface area (Å²) in [5, 5.41) is 6.15. The Balaban J connectivity index is 1.19. The van der Waals surface area contributed by atoms with Crippen LogP contribution in [-0.2, 0) is 30.7 Å². The Kier molecular flexibility index (Phi) is 8.41. The molecule has 0 aliphatic carbocycles. The van der Waals surface area contributed by atoms with Crippen molar-refractivity contribution in [1.29, 1.82) is 0 Å². The van der Waals surface area contributed by atoms with Crippen molar-refractivity contribution >= 4 is 48.8 Å². The van der Waals surface area contributed by atoms with E-state index in [0.717, 1.165) is 21.7 Å². The molecule has 1 aliphatic heterocycles. The van der Waals surface area contributed by atoms with Gasteiger partial charge in [-0.25, -0.2) is 13.4 Å². The lowest BCUT2D eigenvalue weighted by Crippen LogP contribution is -2.22. The van der Waals surface area contributed by atoms with E-state index in [-0.39, 0.29) is 39.8 Å². The number of thiazole rings is 1. The molecule has 4 aromatic rings. The van der Waals surface area contributed by atoms with Gasteiger partial charge in [0.05, 0.1) is 47.1 Å². The predicted molar refractivity (Wildman–Crippen MR) is 156 cm³/mol. The second-order valence-corrected chi connectivity index (χ2v) is 13.9. The van der Waals surface area contributed by atoms with Gasteiger partial charge in [-0.1, -0.05) is 12.1 Å². The molecule has 42 heavy (non-hydrogen) atoms. The van der Waals surface area contributed by atoms with E-state index in [1.807, 2.05) is 12.1 Å². The zero-order chi connectivity index (χ0) is 29.9. The number of aromatic nitrogens is 1. The van der Waals surface area contributed by atoms with Crippen LogP contribution in [0.1, 0.15) is 32.0 Å². The number of hydrogen-bond donors (Lipinski definition) is 2. The molecule has 11 nitrogen and oxygen atoms in total. The van der Waals surface area contributed by atoms with Crippen LogP contribution in [0, 0.1) is 0 Å². The smallest absolute Gasteiger partial charge is 0.264 e. The standard InChI is InChI=1S/C28H25N3O8S3/c1-41(34,35)39-14-4-13-38-20-10-7-18(8-11-20)28-30-17-21(40-28)16-29-26(32)19-9-12-25-23(15-19)31-27(33)22-5-2-3-6-24(22)42(25,36)37/h2-3,5-12,15,17H,4,13-14,16H2,1H3,(H,29,32)(H,31,33). The molecule has 0 saturated carbocycles. The predicted octanol–water partition coefficient (Wildman–Crippen LogP) is 3.88. The molecule has 218 valence electrons. The Morgan fingerprint density at radius 3 is 2.55 bits per heavy atom. The van der Waals surface area contributed by atoms with Gasteiger partial charge in [0.2, 0.25) is 9.84 Å². The number of carbonyl (C=O) groups excluding carboxylic acids is 2. The molecule has 0 bridgehead atoms. The Morgan fingerprint density at radius 1 is 1.02 bits per heavy atom. The summed E-state index contributed by atoms with van der Waals surface area (Å²) in [4.78, 5) is 30.6. The number of ether oxygens (including phenoxy) is 1. The van der Waals surface area contributed by atoms with Gasteiger partial charge in [0.1, 0.15) is 10.8 Å². The lowest BCUT2D eigenvalue weighted by atomic mass is 10.1. The first kappa shape index (κ1) is 29.4. The Morgan fingerprint density at radius 2 is 1.79 bits per heavy atom. The van der Waals surface area contributed by atoms with Crippen LogP contribution < -0.4 is 15.4 Å². The first-order chi connectivity index (χ1) is 20.0. The van der Waals surface area contributed by atoms with Gasteiger partial charge in [0.15, 0.2) is 0 Å². The molecule has 2 heterocycles. The molecule has 1 aromatic heterocycles. The fourth-order valence-corrected chi connectivity index (χ4v) is 7.01. The number of nitrogens with one attached hydrogen (secondary N) is 2. The summed E-state index contributed by atoms with van der Waals surface area (Å²) in [6.07, 6.45) is 3.08. The number of nitrogens with zero attached hydrogens (tertiary/aromatic N) is 1. The SMILES string of the molecule is CS(=O)(=O)OCCCOc1ccc(-c2ncc(CNC(=O)c3ccc4c(c3)NC(=O)c3ccccc3S4(=O)=O)s2)cc1. The van der Waals surface area contributed by atoms with E-state index in [1.54, 1.807) is 30.5 Å². The fourth-order valence-electron chi connectivity index (χ4n) is 4.15. The van der Waals surface area contributed by atoms with E-state index in [0.29, 0.717) is 18.8 Å². The lowest BCUT2D eigenvalue weighted by molar-refractivity contribution is 0.0949. The van der Waals surface area contributed by atoms with E-state index in [1.165, 1.54) is 41.7 Å². The van der Waals surface area contributed by atoms with Gasteiger partial charge in [-0.05, 0) is 54.6 Å². The van der Waals surface area contributed by atoms with Crippen molar-refractivity contribution in [3.63, 3.8) is 0 Å². The third-order valence-electron chi connectivity index (χ3n) is 6.13.